The van der Waals surface area contributed by atoms with E-state index in [1.165, 1.54) is 11.3 Å². The molecule has 0 fully saturated rings. The van der Waals surface area contributed by atoms with Crippen LogP contribution in [0.4, 0.5) is 9.93 Å². The average Bonchev–Trinajstić information content (AvgIpc) is 2.81. The first-order valence-corrected chi connectivity index (χ1v) is 5.70. The van der Waals surface area contributed by atoms with Crippen molar-refractivity contribution in [1.29, 1.82) is 0 Å². The van der Waals surface area contributed by atoms with Crippen LogP contribution in [0.1, 0.15) is 11.4 Å². The summed E-state index contributed by atoms with van der Waals surface area (Å²) in [5.41, 5.74) is 3.08. The minimum Gasteiger partial charge on any atom is -0.332 e. The molecule has 8 heteroatoms. The highest BCUT2D eigenvalue weighted by molar-refractivity contribution is 7.13. The molecule has 0 unspecified atom stereocenters. The lowest BCUT2D eigenvalue weighted by molar-refractivity contribution is 0.251. The number of rotatable bonds is 3. The van der Waals surface area contributed by atoms with Gasteiger partial charge in [-0.1, -0.05) is 11.3 Å². The minimum atomic E-state index is -0.343. The normalized spacial score (nSPS) is 9.94. The van der Waals surface area contributed by atoms with E-state index in [2.05, 4.69) is 30.8 Å². The number of amides is 2. The summed E-state index contributed by atoms with van der Waals surface area (Å²) in [6.07, 6.45) is 3.28. The van der Waals surface area contributed by atoms with Crippen LogP contribution in [0.25, 0.3) is 0 Å². The standard InChI is InChI=1S/C9H10N6OS/c1-6-2-11-7(3-10-6)4-12-8(16)14-9-15-13-5-17-9/h2-3,5H,4H2,1H3,(H2,12,14,15,16). The number of nitrogens with one attached hydrogen (secondary N) is 2. The molecule has 2 aromatic rings. The monoisotopic (exact) mass is 250 g/mol. The number of carbonyl (C=O) groups excluding carboxylic acids is 1. The van der Waals surface area contributed by atoms with Crippen molar-refractivity contribution in [3.63, 3.8) is 0 Å². The molecule has 7 nitrogen and oxygen atoms in total. The molecule has 0 aliphatic carbocycles. The highest BCUT2D eigenvalue weighted by Crippen LogP contribution is 2.07. The van der Waals surface area contributed by atoms with Gasteiger partial charge in [-0.3, -0.25) is 15.3 Å². The Morgan fingerprint density at radius 1 is 1.41 bits per heavy atom. The number of hydrogen-bond acceptors (Lipinski definition) is 6. The second kappa shape index (κ2) is 5.30. The number of carbonyl (C=O) groups is 1. The molecule has 0 spiro atoms. The zero-order chi connectivity index (χ0) is 12.1. The van der Waals surface area contributed by atoms with Crippen molar-refractivity contribution in [2.24, 2.45) is 0 Å². The average molecular weight is 250 g/mol. The van der Waals surface area contributed by atoms with Gasteiger partial charge in [0.1, 0.15) is 5.51 Å². The van der Waals surface area contributed by atoms with E-state index in [4.69, 9.17) is 0 Å². The number of urea groups is 1. The molecule has 2 aromatic heterocycles. The molecule has 17 heavy (non-hydrogen) atoms. The molecule has 0 bridgehead atoms. The third-order valence-electron chi connectivity index (χ3n) is 1.84. The van der Waals surface area contributed by atoms with Crippen LogP contribution in [0.15, 0.2) is 17.9 Å². The topological polar surface area (TPSA) is 92.7 Å². The maximum atomic E-state index is 11.4. The number of anilines is 1. The molecule has 0 aliphatic heterocycles. The van der Waals surface area contributed by atoms with Crippen molar-refractivity contribution >= 4 is 22.5 Å². The molecule has 88 valence electrons. The Bertz CT molecular complexity index is 483. The molecule has 0 atom stereocenters. The van der Waals surface area contributed by atoms with Crippen LogP contribution in [-0.2, 0) is 6.54 Å². The summed E-state index contributed by atoms with van der Waals surface area (Å²) in [5.74, 6) is 0. The van der Waals surface area contributed by atoms with Gasteiger partial charge < -0.3 is 5.32 Å². The maximum Gasteiger partial charge on any atom is 0.321 e. The third-order valence-corrected chi connectivity index (χ3v) is 2.45. The van der Waals surface area contributed by atoms with Gasteiger partial charge in [0.15, 0.2) is 0 Å². The summed E-state index contributed by atoms with van der Waals surface area (Å²) in [5, 5.41) is 12.9. The lowest BCUT2D eigenvalue weighted by Crippen LogP contribution is -2.28. The van der Waals surface area contributed by atoms with Crippen LogP contribution in [0.5, 0.6) is 0 Å². The van der Waals surface area contributed by atoms with E-state index in [1.807, 2.05) is 6.92 Å². The van der Waals surface area contributed by atoms with E-state index in [-0.39, 0.29) is 6.03 Å². The molecule has 2 amide bonds. The molecule has 0 aromatic carbocycles. The SMILES string of the molecule is Cc1cnc(CNC(=O)Nc2nncs2)cn1. The van der Waals surface area contributed by atoms with Gasteiger partial charge in [0.2, 0.25) is 5.13 Å². The summed E-state index contributed by atoms with van der Waals surface area (Å²) < 4.78 is 0. The zero-order valence-electron chi connectivity index (χ0n) is 9.04. The minimum absolute atomic E-state index is 0.317. The van der Waals surface area contributed by atoms with Crippen LogP contribution in [0.3, 0.4) is 0 Å². The Labute approximate surface area is 101 Å². The maximum absolute atomic E-state index is 11.4. The summed E-state index contributed by atoms with van der Waals surface area (Å²) in [7, 11) is 0. The fourth-order valence-electron chi connectivity index (χ4n) is 1.05. The van der Waals surface area contributed by atoms with Crippen molar-refractivity contribution in [3.8, 4) is 0 Å². The first-order chi connectivity index (χ1) is 8.24. The second-order valence-corrected chi connectivity index (χ2v) is 4.03. The van der Waals surface area contributed by atoms with Gasteiger partial charge in [0.05, 0.1) is 24.1 Å². The van der Waals surface area contributed by atoms with Crippen molar-refractivity contribution in [2.75, 3.05) is 5.32 Å². The third kappa shape index (κ3) is 3.45. The fourth-order valence-corrected chi connectivity index (χ4v) is 1.49. The largest absolute Gasteiger partial charge is 0.332 e. The fraction of sp³-hybridized carbons (Fsp3) is 0.222. The number of hydrogen-bond donors (Lipinski definition) is 2. The quantitative estimate of drug-likeness (QED) is 0.846. The van der Waals surface area contributed by atoms with Crippen LogP contribution < -0.4 is 10.6 Å². The summed E-state index contributed by atoms with van der Waals surface area (Å²) >= 11 is 1.25. The number of nitrogens with zero attached hydrogens (tertiary/aromatic N) is 4. The number of aryl methyl sites for hydroxylation is 1. The predicted octanol–water partition coefficient (Wildman–Crippen LogP) is 0.958. The van der Waals surface area contributed by atoms with Crippen molar-refractivity contribution < 1.29 is 4.79 Å². The Hall–Kier alpha value is -2.09. The Kier molecular flexibility index (Phi) is 3.55. The summed E-state index contributed by atoms with van der Waals surface area (Å²) in [6, 6.07) is -0.343. The van der Waals surface area contributed by atoms with Crippen LogP contribution in [-0.4, -0.2) is 26.2 Å². The second-order valence-electron chi connectivity index (χ2n) is 3.20. The predicted molar refractivity (Wildman–Crippen MR) is 62.5 cm³/mol. The van der Waals surface area contributed by atoms with Crippen molar-refractivity contribution in [3.05, 3.63) is 29.3 Å². The first-order valence-electron chi connectivity index (χ1n) is 4.82. The van der Waals surface area contributed by atoms with Gasteiger partial charge in [-0.25, -0.2) is 4.79 Å². The van der Waals surface area contributed by atoms with Crippen molar-refractivity contribution in [2.45, 2.75) is 13.5 Å². The lowest BCUT2D eigenvalue weighted by atomic mass is 10.4. The molecule has 2 N–H and O–H groups in total. The van der Waals surface area contributed by atoms with Gasteiger partial charge in [-0.2, -0.15) is 0 Å². The van der Waals surface area contributed by atoms with Crippen LogP contribution in [0.2, 0.25) is 0 Å². The number of aromatic nitrogens is 4. The molecule has 0 saturated carbocycles. The first kappa shape index (κ1) is 11.4. The highest BCUT2D eigenvalue weighted by Gasteiger charge is 2.04. The van der Waals surface area contributed by atoms with Gasteiger partial charge in [0.25, 0.3) is 0 Å². The van der Waals surface area contributed by atoms with Gasteiger partial charge >= 0.3 is 6.03 Å². The summed E-state index contributed by atoms with van der Waals surface area (Å²) in [4.78, 5) is 19.6. The smallest absolute Gasteiger partial charge is 0.321 e. The van der Waals surface area contributed by atoms with Gasteiger partial charge in [-0.15, -0.1) is 10.2 Å². The Morgan fingerprint density at radius 2 is 2.29 bits per heavy atom. The molecule has 2 rings (SSSR count). The highest BCUT2D eigenvalue weighted by atomic mass is 32.1. The van der Waals surface area contributed by atoms with Gasteiger partial charge in [0, 0.05) is 6.20 Å². The molecule has 2 heterocycles. The van der Waals surface area contributed by atoms with E-state index in [0.717, 1.165) is 5.69 Å². The van der Waals surface area contributed by atoms with E-state index >= 15 is 0 Å². The van der Waals surface area contributed by atoms with E-state index < -0.39 is 0 Å². The lowest BCUT2D eigenvalue weighted by Gasteiger charge is -2.04. The van der Waals surface area contributed by atoms with Crippen LogP contribution >= 0.6 is 11.3 Å². The van der Waals surface area contributed by atoms with Crippen molar-refractivity contribution in [1.82, 2.24) is 25.5 Å². The molecular weight excluding hydrogens is 240 g/mol. The molecular formula is C9H10N6OS. The zero-order valence-corrected chi connectivity index (χ0v) is 9.86. The van der Waals surface area contributed by atoms with E-state index in [9.17, 15) is 4.79 Å². The summed E-state index contributed by atoms with van der Waals surface area (Å²) in [6.45, 7) is 2.17. The molecule has 0 radical (unpaired) electrons. The van der Waals surface area contributed by atoms with Crippen LogP contribution in [0, 0.1) is 6.92 Å². The van der Waals surface area contributed by atoms with E-state index in [0.29, 0.717) is 17.4 Å². The molecule has 0 saturated heterocycles. The van der Waals surface area contributed by atoms with E-state index in [1.54, 1.807) is 17.9 Å². The van der Waals surface area contributed by atoms with Gasteiger partial charge in [-0.05, 0) is 6.92 Å². The Balaban J connectivity index is 1.82. The molecule has 0 aliphatic rings. The Morgan fingerprint density at radius 3 is 2.94 bits per heavy atom.